The van der Waals surface area contributed by atoms with Crippen LogP contribution in [-0.2, 0) is 14.2 Å². The molecule has 4 heteroatoms. The summed E-state index contributed by atoms with van der Waals surface area (Å²) in [6, 6.07) is 0. The Labute approximate surface area is 387 Å². The van der Waals surface area contributed by atoms with Crippen LogP contribution in [0.25, 0.3) is 0 Å². The summed E-state index contributed by atoms with van der Waals surface area (Å²) in [4.78, 5) is 2.21. The monoisotopic (exact) mass is 864 g/mol. The van der Waals surface area contributed by atoms with Crippen LogP contribution in [0.5, 0.6) is 0 Å². The molecular weight excluding hydrogens is 759 g/mol. The van der Waals surface area contributed by atoms with Crippen LogP contribution in [0.3, 0.4) is 0 Å². The van der Waals surface area contributed by atoms with Crippen molar-refractivity contribution in [2.75, 3.05) is 40.5 Å². The third-order valence-corrected chi connectivity index (χ3v) is 17.0. The zero-order chi connectivity index (χ0) is 44.5. The molecule has 0 saturated heterocycles. The molecule has 0 N–H and O–H groups in total. The van der Waals surface area contributed by atoms with E-state index in [2.05, 4.69) is 90.9 Å². The minimum absolute atomic E-state index is 0.156. The minimum atomic E-state index is 0.156. The molecular formula is C58H105NO3. The number of fused-ring (bicyclic) bond motifs is 5. The second-order valence-corrected chi connectivity index (χ2v) is 22.4. The number of hydrogen-bond donors (Lipinski definition) is 0. The highest BCUT2D eigenvalue weighted by atomic mass is 16.5. The topological polar surface area (TPSA) is 30.9 Å². The molecule has 4 aliphatic rings. The van der Waals surface area contributed by atoms with Crippen LogP contribution in [0.2, 0.25) is 0 Å². The Hall–Kier alpha value is -0.940. The summed E-state index contributed by atoms with van der Waals surface area (Å²) in [5.74, 6) is 5.49. The molecule has 3 saturated carbocycles. The molecule has 62 heavy (non-hydrogen) atoms. The Morgan fingerprint density at radius 1 is 0.661 bits per heavy atom. The molecule has 9 atom stereocenters. The van der Waals surface area contributed by atoms with Gasteiger partial charge in [-0.25, -0.2) is 0 Å². The molecule has 0 heterocycles. The Balaban J connectivity index is 0.958. The van der Waals surface area contributed by atoms with Crippen molar-refractivity contribution in [2.24, 2.45) is 46.3 Å². The highest BCUT2D eigenvalue weighted by Gasteiger charge is 2.59. The number of hydrogen-bond acceptors (Lipinski definition) is 4. The predicted molar refractivity (Wildman–Crippen MR) is 269 cm³/mol. The summed E-state index contributed by atoms with van der Waals surface area (Å²) in [7, 11) is 4.27. The van der Waals surface area contributed by atoms with E-state index in [1.165, 1.54) is 173 Å². The molecule has 0 aromatic heterocycles. The molecule has 0 bridgehead atoms. The molecule has 0 spiro atoms. The molecule has 0 aliphatic heterocycles. The summed E-state index contributed by atoms with van der Waals surface area (Å²) in [6.45, 7) is 18.6. The van der Waals surface area contributed by atoms with Crippen LogP contribution in [0.4, 0.5) is 0 Å². The fourth-order valence-electron chi connectivity index (χ4n) is 13.1. The Morgan fingerprint density at radius 3 is 2.02 bits per heavy atom. The number of allylic oxidation sites excluding steroid dienone is 5. The molecule has 3 fully saturated rings. The molecule has 360 valence electrons. The fourth-order valence-corrected chi connectivity index (χ4v) is 13.1. The zero-order valence-electron chi connectivity index (χ0n) is 42.7. The minimum Gasteiger partial charge on any atom is -0.381 e. The molecule has 0 amide bonds. The lowest BCUT2D eigenvalue weighted by Gasteiger charge is -2.58. The summed E-state index contributed by atoms with van der Waals surface area (Å²) in [5, 5.41) is 0. The van der Waals surface area contributed by atoms with Gasteiger partial charge in [0, 0.05) is 26.2 Å². The first-order chi connectivity index (χ1) is 30.1. The first kappa shape index (κ1) is 53.7. The average molecular weight is 864 g/mol. The maximum atomic E-state index is 6.60. The quantitative estimate of drug-likeness (QED) is 0.0361. The van der Waals surface area contributed by atoms with Gasteiger partial charge in [0.15, 0.2) is 0 Å². The van der Waals surface area contributed by atoms with Crippen LogP contribution < -0.4 is 0 Å². The smallest absolute Gasteiger partial charge is 0.112 e. The molecule has 4 aliphatic carbocycles. The van der Waals surface area contributed by atoms with Crippen molar-refractivity contribution in [2.45, 2.75) is 246 Å². The van der Waals surface area contributed by atoms with Gasteiger partial charge >= 0.3 is 0 Å². The Morgan fingerprint density at radius 2 is 1.32 bits per heavy atom. The maximum Gasteiger partial charge on any atom is 0.112 e. The second kappa shape index (κ2) is 30.4. The highest BCUT2D eigenvalue weighted by molar-refractivity contribution is 5.25. The normalized spacial score (nSPS) is 28.5. The van der Waals surface area contributed by atoms with Gasteiger partial charge in [-0.3, -0.25) is 4.90 Å². The number of rotatable bonds is 35. The Bertz CT molecular complexity index is 1240. The lowest BCUT2D eigenvalue weighted by atomic mass is 9.47. The predicted octanol–water partition coefficient (Wildman–Crippen LogP) is 16.9. The van der Waals surface area contributed by atoms with Crippen molar-refractivity contribution >= 4 is 0 Å². The van der Waals surface area contributed by atoms with E-state index in [1.807, 2.05) is 0 Å². The first-order valence-electron chi connectivity index (χ1n) is 27.6. The number of ether oxygens (including phenoxy) is 3. The fraction of sp³-hybridized carbons (Fsp3) is 0.897. The second-order valence-electron chi connectivity index (χ2n) is 22.4. The van der Waals surface area contributed by atoms with E-state index in [1.54, 1.807) is 5.57 Å². The molecule has 0 aromatic rings. The average Bonchev–Trinajstić information content (AvgIpc) is 3.61. The van der Waals surface area contributed by atoms with E-state index in [-0.39, 0.29) is 6.23 Å². The summed E-state index contributed by atoms with van der Waals surface area (Å²) in [6.07, 6.45) is 52.1. The zero-order valence-corrected chi connectivity index (χ0v) is 42.7. The van der Waals surface area contributed by atoms with E-state index in [0.717, 1.165) is 81.2 Å². The SMILES string of the molecule is CCCCC/C=C\C/C=C\CCCCCCCCOCCC(OCCCCCCCCO[C@H]1CC[C@@]2(C)C(=CC[C@H]3[C@@H]4CC[C@H]([C@H](C)CCCC(C)C)[C@@]4(C)CC[C@@H]32)C1)N(C)C. The molecule has 0 radical (unpaired) electrons. The van der Waals surface area contributed by atoms with Gasteiger partial charge in [-0.05, 0) is 163 Å². The van der Waals surface area contributed by atoms with Crippen molar-refractivity contribution in [3.05, 3.63) is 36.0 Å². The van der Waals surface area contributed by atoms with Crippen molar-refractivity contribution in [1.29, 1.82) is 0 Å². The molecule has 4 nitrogen and oxygen atoms in total. The molecule has 1 unspecified atom stereocenters. The van der Waals surface area contributed by atoms with E-state index in [4.69, 9.17) is 14.2 Å². The largest absolute Gasteiger partial charge is 0.381 e. The van der Waals surface area contributed by atoms with Crippen LogP contribution >= 0.6 is 0 Å². The molecule has 4 rings (SSSR count). The van der Waals surface area contributed by atoms with Gasteiger partial charge in [-0.1, -0.05) is 161 Å². The van der Waals surface area contributed by atoms with Crippen LogP contribution in [0, 0.1) is 46.3 Å². The third-order valence-electron chi connectivity index (χ3n) is 17.0. The van der Waals surface area contributed by atoms with Gasteiger partial charge in [0.05, 0.1) is 12.7 Å². The third kappa shape index (κ3) is 18.0. The van der Waals surface area contributed by atoms with Crippen molar-refractivity contribution in [3.63, 3.8) is 0 Å². The van der Waals surface area contributed by atoms with Gasteiger partial charge in [-0.2, -0.15) is 0 Å². The Kier molecular flexibility index (Phi) is 26.3. The lowest BCUT2D eigenvalue weighted by molar-refractivity contribution is -0.0641. The summed E-state index contributed by atoms with van der Waals surface area (Å²) < 4.78 is 18.9. The van der Waals surface area contributed by atoms with E-state index >= 15 is 0 Å². The standard InChI is InChI=1S/C58H105NO3/c1-9-10-11-12-13-14-15-16-17-18-19-20-21-22-25-28-43-60-46-40-56(59(7)8)62-45-30-27-24-23-26-29-44-61-51-38-41-57(5)50(47-51)34-35-52-54-37-36-53(49(4)33-31-32-48(2)3)58(54,6)42-39-55(52)57/h13-14,16-17,34,48-49,51-56H,9-12,15,18-33,35-47H2,1-8H3/b14-13-,17-16-/t49-,51+,52+,53-,54+,55+,56?,57+,58-/m1/s1. The summed E-state index contributed by atoms with van der Waals surface area (Å²) >= 11 is 0. The van der Waals surface area contributed by atoms with Crippen LogP contribution in [0.1, 0.15) is 234 Å². The van der Waals surface area contributed by atoms with Crippen LogP contribution in [0.15, 0.2) is 36.0 Å². The lowest BCUT2D eigenvalue weighted by Crippen LogP contribution is -2.51. The van der Waals surface area contributed by atoms with Gasteiger partial charge in [0.1, 0.15) is 6.23 Å². The first-order valence-corrected chi connectivity index (χ1v) is 27.6. The van der Waals surface area contributed by atoms with E-state index in [0.29, 0.717) is 16.9 Å². The van der Waals surface area contributed by atoms with Gasteiger partial charge in [-0.15, -0.1) is 0 Å². The molecule has 0 aromatic carbocycles. The van der Waals surface area contributed by atoms with Crippen molar-refractivity contribution < 1.29 is 14.2 Å². The van der Waals surface area contributed by atoms with Crippen molar-refractivity contribution in [1.82, 2.24) is 4.90 Å². The van der Waals surface area contributed by atoms with E-state index in [9.17, 15) is 0 Å². The van der Waals surface area contributed by atoms with Crippen LogP contribution in [-0.4, -0.2) is 57.8 Å². The number of nitrogens with zero attached hydrogens (tertiary/aromatic N) is 1. The van der Waals surface area contributed by atoms with E-state index < -0.39 is 0 Å². The van der Waals surface area contributed by atoms with Gasteiger partial charge < -0.3 is 14.2 Å². The highest BCUT2D eigenvalue weighted by Crippen LogP contribution is 2.67. The number of unbranched alkanes of at least 4 members (excludes halogenated alkanes) is 14. The summed E-state index contributed by atoms with van der Waals surface area (Å²) in [5.41, 5.74) is 2.80. The maximum absolute atomic E-state index is 6.60. The van der Waals surface area contributed by atoms with Crippen molar-refractivity contribution in [3.8, 4) is 0 Å². The van der Waals surface area contributed by atoms with Gasteiger partial charge in [0.25, 0.3) is 0 Å². The van der Waals surface area contributed by atoms with Gasteiger partial charge in [0.2, 0.25) is 0 Å².